The van der Waals surface area contributed by atoms with Crippen LogP contribution in [0.15, 0.2) is 71.8 Å². The topological polar surface area (TPSA) is 24.8 Å². The molecule has 1 saturated carbocycles. The highest BCUT2D eigenvalue weighted by Crippen LogP contribution is 2.46. The van der Waals surface area contributed by atoms with E-state index in [-0.39, 0.29) is 12.3 Å². The first kappa shape index (κ1) is 17.1. The lowest BCUT2D eigenvalue weighted by Crippen LogP contribution is -2.45. The molecule has 6 rings (SSSR count). The van der Waals surface area contributed by atoms with Gasteiger partial charge in [0, 0.05) is 17.9 Å². The maximum absolute atomic E-state index is 6.56. The van der Waals surface area contributed by atoms with E-state index in [9.17, 15) is 0 Å². The average Bonchev–Trinajstić information content (AvgIpc) is 3.25. The fourth-order valence-corrected chi connectivity index (χ4v) is 5.34. The van der Waals surface area contributed by atoms with Crippen LogP contribution in [0.25, 0.3) is 10.8 Å². The van der Waals surface area contributed by atoms with Crippen molar-refractivity contribution in [2.75, 3.05) is 0 Å². The molecule has 0 radical (unpaired) electrons. The molecule has 3 aliphatic rings. The Morgan fingerprint density at radius 1 is 0.828 bits per heavy atom. The van der Waals surface area contributed by atoms with Gasteiger partial charge in [0.15, 0.2) is 6.23 Å². The van der Waals surface area contributed by atoms with E-state index in [1.807, 2.05) is 0 Å². The average molecular weight is 383 g/mol. The minimum Gasteiger partial charge on any atom is -0.468 e. The molecule has 0 saturated heterocycles. The Bertz CT molecular complexity index is 1080. The highest BCUT2D eigenvalue weighted by Gasteiger charge is 2.43. The number of hydrazone groups is 1. The molecule has 1 fully saturated rings. The van der Waals surface area contributed by atoms with E-state index >= 15 is 0 Å². The molecule has 2 heterocycles. The molecule has 3 aromatic rings. The van der Waals surface area contributed by atoms with E-state index in [4.69, 9.17) is 9.84 Å². The van der Waals surface area contributed by atoms with Crippen LogP contribution in [0, 0.1) is 5.92 Å². The Morgan fingerprint density at radius 3 is 2.52 bits per heavy atom. The van der Waals surface area contributed by atoms with Gasteiger partial charge in [-0.25, -0.2) is 5.01 Å². The van der Waals surface area contributed by atoms with Crippen molar-refractivity contribution >= 4 is 16.5 Å². The summed E-state index contributed by atoms with van der Waals surface area (Å²) in [7, 11) is 0. The second-order valence-electron chi connectivity index (χ2n) is 8.65. The Balaban J connectivity index is 1.40. The van der Waals surface area contributed by atoms with Gasteiger partial charge in [-0.3, -0.25) is 0 Å². The Morgan fingerprint density at radius 2 is 1.62 bits per heavy atom. The van der Waals surface area contributed by atoms with Crippen molar-refractivity contribution in [3.63, 3.8) is 0 Å². The summed E-state index contributed by atoms with van der Waals surface area (Å²) in [5.41, 5.74) is 3.69. The zero-order valence-corrected chi connectivity index (χ0v) is 16.6. The summed E-state index contributed by atoms with van der Waals surface area (Å²) in [5, 5.41) is 10.0. The van der Waals surface area contributed by atoms with Crippen molar-refractivity contribution in [1.82, 2.24) is 5.01 Å². The third kappa shape index (κ3) is 2.91. The molecule has 3 heteroatoms. The summed E-state index contributed by atoms with van der Waals surface area (Å²) in [6.45, 7) is 0. The Hall–Kier alpha value is -2.81. The number of benzene rings is 3. The molecular weight excluding hydrogens is 356 g/mol. The molecule has 146 valence electrons. The lowest BCUT2D eigenvalue weighted by atomic mass is 9.86. The molecule has 29 heavy (non-hydrogen) atoms. The number of nitrogens with zero attached hydrogens (tertiary/aromatic N) is 2. The lowest BCUT2D eigenvalue weighted by molar-refractivity contribution is -0.0643. The van der Waals surface area contributed by atoms with Gasteiger partial charge < -0.3 is 4.74 Å². The minimum atomic E-state index is 0.0631. The second-order valence-corrected chi connectivity index (χ2v) is 8.65. The van der Waals surface area contributed by atoms with E-state index in [2.05, 4.69) is 71.7 Å². The van der Waals surface area contributed by atoms with E-state index in [0.717, 1.165) is 12.2 Å². The van der Waals surface area contributed by atoms with Gasteiger partial charge in [-0.05, 0) is 41.3 Å². The first-order valence-corrected chi connectivity index (χ1v) is 11.0. The summed E-state index contributed by atoms with van der Waals surface area (Å²) < 4.78 is 6.56. The summed E-state index contributed by atoms with van der Waals surface area (Å²) >= 11 is 0. The van der Waals surface area contributed by atoms with E-state index in [0.29, 0.717) is 5.92 Å². The fourth-order valence-electron chi connectivity index (χ4n) is 5.34. The molecule has 3 nitrogen and oxygen atoms in total. The predicted molar refractivity (Wildman–Crippen MR) is 117 cm³/mol. The molecule has 0 N–H and O–H groups in total. The van der Waals surface area contributed by atoms with E-state index in [1.165, 1.54) is 59.7 Å². The molecule has 1 aliphatic carbocycles. The molecule has 0 spiro atoms. The molecule has 2 aliphatic heterocycles. The number of hydrogen-bond acceptors (Lipinski definition) is 3. The van der Waals surface area contributed by atoms with Gasteiger partial charge in [0.25, 0.3) is 0 Å². The van der Waals surface area contributed by atoms with Crippen LogP contribution in [-0.2, 0) is 0 Å². The third-order valence-corrected chi connectivity index (χ3v) is 6.86. The summed E-state index contributed by atoms with van der Waals surface area (Å²) in [4.78, 5) is 0. The van der Waals surface area contributed by atoms with Crippen LogP contribution in [0.1, 0.15) is 55.7 Å². The quantitative estimate of drug-likeness (QED) is 0.520. The minimum absolute atomic E-state index is 0.0631. The van der Waals surface area contributed by atoms with Crippen molar-refractivity contribution < 1.29 is 4.74 Å². The van der Waals surface area contributed by atoms with E-state index in [1.54, 1.807) is 0 Å². The van der Waals surface area contributed by atoms with Gasteiger partial charge in [0.1, 0.15) is 5.75 Å². The van der Waals surface area contributed by atoms with Gasteiger partial charge in [-0.15, -0.1) is 0 Å². The summed E-state index contributed by atoms with van der Waals surface area (Å²) in [6, 6.07) is 24.1. The number of fused-ring (bicyclic) bond motifs is 4. The molecule has 0 unspecified atom stereocenters. The SMILES string of the molecule is c1ccc2c(c1)O[C@@H](C1CCCCC1)N1N=C(c3ccc4ccccc4c3)C[C@@H]21. The standard InChI is InChI=1S/C26H26N2O/c1-2-9-19(10-3-1)26-28-24(22-12-6-7-13-25(22)29-26)17-23(27-28)21-15-14-18-8-4-5-11-20(18)16-21/h4-8,11-16,19,24,26H,1-3,9-10,17H2/t24-,26-/m0/s1. The molecule has 3 aromatic carbocycles. The van der Waals surface area contributed by atoms with Crippen LogP contribution in [0.4, 0.5) is 0 Å². The van der Waals surface area contributed by atoms with Crippen molar-refractivity contribution in [2.45, 2.75) is 50.8 Å². The van der Waals surface area contributed by atoms with Gasteiger partial charge in [-0.2, -0.15) is 5.10 Å². The van der Waals surface area contributed by atoms with Crippen molar-refractivity contribution in [3.8, 4) is 5.75 Å². The highest BCUT2D eigenvalue weighted by atomic mass is 16.5. The van der Waals surface area contributed by atoms with Crippen LogP contribution in [0.3, 0.4) is 0 Å². The predicted octanol–water partition coefficient (Wildman–Crippen LogP) is 6.29. The number of ether oxygens (including phenoxy) is 1. The van der Waals surface area contributed by atoms with Gasteiger partial charge in [0.05, 0.1) is 11.8 Å². The number of rotatable bonds is 2. The third-order valence-electron chi connectivity index (χ3n) is 6.86. The van der Waals surface area contributed by atoms with Crippen molar-refractivity contribution in [3.05, 3.63) is 77.9 Å². The lowest BCUT2D eigenvalue weighted by Gasteiger charge is -2.42. The molecular formula is C26H26N2O. The zero-order chi connectivity index (χ0) is 19.2. The van der Waals surface area contributed by atoms with Crippen LogP contribution in [0.5, 0.6) is 5.75 Å². The van der Waals surface area contributed by atoms with Crippen LogP contribution in [0.2, 0.25) is 0 Å². The fraction of sp³-hybridized carbons (Fsp3) is 0.346. The second kappa shape index (κ2) is 6.91. The molecule has 0 bridgehead atoms. The first-order chi connectivity index (χ1) is 14.4. The van der Waals surface area contributed by atoms with E-state index < -0.39 is 0 Å². The Labute approximate surface area is 172 Å². The van der Waals surface area contributed by atoms with Gasteiger partial charge in [-0.1, -0.05) is 73.9 Å². The maximum atomic E-state index is 6.56. The summed E-state index contributed by atoms with van der Waals surface area (Å²) in [5.74, 6) is 1.62. The van der Waals surface area contributed by atoms with Crippen LogP contribution in [-0.4, -0.2) is 16.9 Å². The smallest absolute Gasteiger partial charge is 0.190 e. The Kier molecular flexibility index (Phi) is 4.07. The highest BCUT2D eigenvalue weighted by molar-refractivity contribution is 6.04. The normalized spacial score (nSPS) is 24.0. The molecule has 0 aromatic heterocycles. The van der Waals surface area contributed by atoms with Gasteiger partial charge in [0.2, 0.25) is 0 Å². The zero-order valence-electron chi connectivity index (χ0n) is 16.6. The largest absolute Gasteiger partial charge is 0.468 e. The number of para-hydroxylation sites is 1. The van der Waals surface area contributed by atoms with Crippen molar-refractivity contribution in [2.24, 2.45) is 11.0 Å². The maximum Gasteiger partial charge on any atom is 0.190 e. The monoisotopic (exact) mass is 382 g/mol. The molecule has 2 atom stereocenters. The van der Waals surface area contributed by atoms with Gasteiger partial charge >= 0.3 is 0 Å². The first-order valence-electron chi connectivity index (χ1n) is 11.0. The van der Waals surface area contributed by atoms with Crippen molar-refractivity contribution in [1.29, 1.82) is 0 Å². The summed E-state index contributed by atoms with van der Waals surface area (Å²) in [6.07, 6.45) is 7.48. The van der Waals surface area contributed by atoms with Crippen LogP contribution < -0.4 is 4.74 Å². The van der Waals surface area contributed by atoms with Crippen LogP contribution >= 0.6 is 0 Å². The number of hydrogen-bond donors (Lipinski definition) is 0. The molecule has 0 amide bonds.